The Morgan fingerprint density at radius 1 is 1.43 bits per heavy atom. The van der Waals surface area contributed by atoms with Crippen LogP contribution in [0.4, 0.5) is 0 Å². The predicted octanol–water partition coefficient (Wildman–Crippen LogP) is 4.26. The minimum atomic E-state index is -0.373. The molecule has 0 aliphatic carbocycles. The standard InChI is InChI=1S/C22H24ClN3O2/c1-14-10-17(16(3)26(14)21-8-4-7-20(23)15(21)2)11-18(12-24)22(27)25-13-19-6-5-9-28-19/h4,7-8,10-11,19H,5-6,9,13H2,1-3H3,(H,25,27)/b18-11+. The van der Waals surface area contributed by atoms with E-state index in [9.17, 15) is 10.1 Å². The topological polar surface area (TPSA) is 67.0 Å². The highest BCUT2D eigenvalue weighted by atomic mass is 35.5. The molecule has 3 rings (SSSR count). The molecule has 2 aromatic rings. The first-order chi connectivity index (χ1) is 13.4. The lowest BCUT2D eigenvalue weighted by Crippen LogP contribution is -2.32. The molecule has 28 heavy (non-hydrogen) atoms. The van der Waals surface area contributed by atoms with Gasteiger partial charge in [0.25, 0.3) is 5.91 Å². The molecular formula is C22H24ClN3O2. The second-order valence-corrected chi connectivity index (χ2v) is 7.47. The van der Waals surface area contributed by atoms with E-state index >= 15 is 0 Å². The van der Waals surface area contributed by atoms with Gasteiger partial charge in [0.2, 0.25) is 0 Å². The quantitative estimate of drug-likeness (QED) is 0.605. The van der Waals surface area contributed by atoms with E-state index in [2.05, 4.69) is 9.88 Å². The number of hydrogen-bond donors (Lipinski definition) is 1. The summed E-state index contributed by atoms with van der Waals surface area (Å²) in [5, 5.41) is 13.0. The van der Waals surface area contributed by atoms with Crippen LogP contribution >= 0.6 is 11.6 Å². The van der Waals surface area contributed by atoms with Crippen LogP contribution in [0.2, 0.25) is 5.02 Å². The predicted molar refractivity (Wildman–Crippen MR) is 111 cm³/mol. The van der Waals surface area contributed by atoms with Crippen LogP contribution in [0.25, 0.3) is 11.8 Å². The molecule has 1 aliphatic rings. The molecule has 1 amide bonds. The summed E-state index contributed by atoms with van der Waals surface area (Å²) < 4.78 is 7.60. The molecule has 6 heteroatoms. The number of carbonyl (C=O) groups excluding carboxylic acids is 1. The van der Waals surface area contributed by atoms with Crippen molar-refractivity contribution in [2.75, 3.05) is 13.2 Å². The molecule has 0 radical (unpaired) electrons. The van der Waals surface area contributed by atoms with Crippen molar-refractivity contribution in [1.29, 1.82) is 5.26 Å². The zero-order valence-corrected chi connectivity index (χ0v) is 17.1. The van der Waals surface area contributed by atoms with Crippen molar-refractivity contribution in [3.05, 3.63) is 57.4 Å². The van der Waals surface area contributed by atoms with Gasteiger partial charge in [-0.05, 0) is 69.0 Å². The maximum atomic E-state index is 12.4. The van der Waals surface area contributed by atoms with Gasteiger partial charge in [-0.3, -0.25) is 4.79 Å². The normalized spacial score (nSPS) is 16.8. The van der Waals surface area contributed by atoms with E-state index in [1.165, 1.54) is 0 Å². The third kappa shape index (κ3) is 4.14. The minimum absolute atomic E-state index is 0.0414. The van der Waals surface area contributed by atoms with Gasteiger partial charge in [-0.1, -0.05) is 17.7 Å². The average Bonchev–Trinajstić information content (AvgIpc) is 3.28. The van der Waals surface area contributed by atoms with Crippen molar-refractivity contribution >= 4 is 23.6 Å². The van der Waals surface area contributed by atoms with Crippen molar-refractivity contribution in [2.45, 2.75) is 39.7 Å². The van der Waals surface area contributed by atoms with E-state index < -0.39 is 0 Å². The van der Waals surface area contributed by atoms with E-state index in [1.54, 1.807) is 6.08 Å². The number of nitriles is 1. The molecule has 1 N–H and O–H groups in total. The van der Waals surface area contributed by atoms with Gasteiger partial charge < -0.3 is 14.6 Å². The smallest absolute Gasteiger partial charge is 0.262 e. The number of nitrogens with zero attached hydrogens (tertiary/aromatic N) is 2. The Kier molecular flexibility index (Phi) is 6.23. The molecular weight excluding hydrogens is 374 g/mol. The number of rotatable bonds is 5. The van der Waals surface area contributed by atoms with Gasteiger partial charge in [0.1, 0.15) is 11.6 Å². The van der Waals surface area contributed by atoms with Crippen molar-refractivity contribution in [3.63, 3.8) is 0 Å². The SMILES string of the molecule is Cc1c(Cl)cccc1-n1c(C)cc(/C=C(\C#N)C(=O)NCC2CCCO2)c1C. The summed E-state index contributed by atoms with van der Waals surface area (Å²) in [5.74, 6) is -0.373. The molecule has 5 nitrogen and oxygen atoms in total. The van der Waals surface area contributed by atoms with Gasteiger partial charge in [-0.15, -0.1) is 0 Å². The zero-order valence-electron chi connectivity index (χ0n) is 16.4. The summed E-state index contributed by atoms with van der Waals surface area (Å²) in [7, 11) is 0. The Hall–Kier alpha value is -2.55. The lowest BCUT2D eigenvalue weighted by molar-refractivity contribution is -0.117. The van der Waals surface area contributed by atoms with Gasteiger partial charge in [-0.2, -0.15) is 5.26 Å². The van der Waals surface area contributed by atoms with E-state index in [0.717, 1.165) is 47.7 Å². The fourth-order valence-corrected chi connectivity index (χ4v) is 3.72. The number of nitrogens with one attached hydrogen (secondary N) is 1. The highest BCUT2D eigenvalue weighted by Gasteiger charge is 2.19. The molecule has 146 valence electrons. The fraction of sp³-hybridized carbons (Fsp3) is 0.364. The van der Waals surface area contributed by atoms with Crippen LogP contribution in [0.1, 0.15) is 35.4 Å². The molecule has 1 saturated heterocycles. The van der Waals surface area contributed by atoms with Crippen LogP contribution in [0.3, 0.4) is 0 Å². The van der Waals surface area contributed by atoms with Crippen LogP contribution < -0.4 is 5.32 Å². The lowest BCUT2D eigenvalue weighted by Gasteiger charge is -2.13. The second kappa shape index (κ2) is 8.64. The van der Waals surface area contributed by atoms with Crippen molar-refractivity contribution in [2.24, 2.45) is 0 Å². The molecule has 0 saturated carbocycles. The van der Waals surface area contributed by atoms with Gasteiger partial charge >= 0.3 is 0 Å². The lowest BCUT2D eigenvalue weighted by atomic mass is 10.1. The summed E-state index contributed by atoms with van der Waals surface area (Å²) in [4.78, 5) is 12.4. The zero-order chi connectivity index (χ0) is 20.3. The maximum absolute atomic E-state index is 12.4. The largest absolute Gasteiger partial charge is 0.376 e. The molecule has 2 heterocycles. The van der Waals surface area contributed by atoms with E-state index in [-0.39, 0.29) is 17.6 Å². The molecule has 1 aliphatic heterocycles. The number of amides is 1. The molecule has 0 spiro atoms. The number of aromatic nitrogens is 1. The highest BCUT2D eigenvalue weighted by Crippen LogP contribution is 2.28. The Bertz CT molecular complexity index is 963. The number of halogens is 1. The van der Waals surface area contributed by atoms with Crippen molar-refractivity contribution in [3.8, 4) is 11.8 Å². The molecule has 0 bridgehead atoms. The molecule has 1 unspecified atom stereocenters. The molecule has 1 fully saturated rings. The summed E-state index contributed by atoms with van der Waals surface area (Å²) in [6.07, 6.45) is 3.63. The second-order valence-electron chi connectivity index (χ2n) is 7.06. The van der Waals surface area contributed by atoms with E-state index in [0.29, 0.717) is 11.6 Å². The summed E-state index contributed by atoms with van der Waals surface area (Å²) in [6, 6.07) is 9.78. The van der Waals surface area contributed by atoms with Gasteiger partial charge in [-0.25, -0.2) is 0 Å². The van der Waals surface area contributed by atoms with Gasteiger partial charge in [0.15, 0.2) is 0 Å². The maximum Gasteiger partial charge on any atom is 0.262 e. The number of carbonyl (C=O) groups is 1. The first kappa shape index (κ1) is 20.2. The Morgan fingerprint density at radius 2 is 2.21 bits per heavy atom. The van der Waals surface area contributed by atoms with Gasteiger partial charge in [0.05, 0.1) is 6.10 Å². The molecule has 1 atom stereocenters. The van der Waals surface area contributed by atoms with Crippen LogP contribution in [-0.2, 0) is 9.53 Å². The third-order valence-electron chi connectivity index (χ3n) is 5.13. The molecule has 1 aromatic carbocycles. The Labute approximate surface area is 170 Å². The summed E-state index contributed by atoms with van der Waals surface area (Å²) in [6.45, 7) is 7.10. The number of hydrogen-bond acceptors (Lipinski definition) is 3. The van der Waals surface area contributed by atoms with E-state index in [1.807, 2.05) is 51.1 Å². The first-order valence-electron chi connectivity index (χ1n) is 9.38. The van der Waals surface area contributed by atoms with Crippen LogP contribution in [0, 0.1) is 32.1 Å². The van der Waals surface area contributed by atoms with Crippen LogP contribution in [-0.4, -0.2) is 29.7 Å². The number of aryl methyl sites for hydroxylation is 1. The number of ether oxygens (including phenoxy) is 1. The number of benzene rings is 1. The average molecular weight is 398 g/mol. The van der Waals surface area contributed by atoms with Crippen LogP contribution in [0.15, 0.2) is 29.8 Å². The minimum Gasteiger partial charge on any atom is -0.376 e. The fourth-order valence-electron chi connectivity index (χ4n) is 3.55. The van der Waals surface area contributed by atoms with Gasteiger partial charge in [0, 0.05) is 35.2 Å². The first-order valence-corrected chi connectivity index (χ1v) is 9.76. The summed E-state index contributed by atoms with van der Waals surface area (Å²) >= 11 is 6.28. The Balaban J connectivity index is 1.87. The highest BCUT2D eigenvalue weighted by molar-refractivity contribution is 6.31. The van der Waals surface area contributed by atoms with Crippen molar-refractivity contribution in [1.82, 2.24) is 9.88 Å². The van der Waals surface area contributed by atoms with E-state index in [4.69, 9.17) is 16.3 Å². The third-order valence-corrected chi connectivity index (χ3v) is 5.54. The van der Waals surface area contributed by atoms with Crippen molar-refractivity contribution < 1.29 is 9.53 Å². The Morgan fingerprint density at radius 3 is 2.89 bits per heavy atom. The monoisotopic (exact) mass is 397 g/mol. The van der Waals surface area contributed by atoms with Crippen LogP contribution in [0.5, 0.6) is 0 Å². The molecule has 1 aromatic heterocycles. The summed E-state index contributed by atoms with van der Waals surface area (Å²) in [5.41, 5.74) is 4.84.